The molecule has 0 fully saturated rings. The molecule has 3 aromatic carbocycles. The first-order valence-corrected chi connectivity index (χ1v) is 11.1. The van der Waals surface area contributed by atoms with Crippen molar-refractivity contribution in [3.05, 3.63) is 88.0 Å². The molecule has 0 spiro atoms. The van der Waals surface area contributed by atoms with E-state index in [1.54, 1.807) is 42.5 Å². The van der Waals surface area contributed by atoms with Gasteiger partial charge in [-0.25, -0.2) is 0 Å². The molecule has 2 N–H and O–H groups in total. The quantitative estimate of drug-likeness (QED) is 0.339. The minimum atomic E-state index is -4.84. The zero-order chi connectivity index (χ0) is 26.3. The number of carbonyl (C=O) groups is 2. The lowest BCUT2D eigenvalue weighted by Crippen LogP contribution is -2.31. The Morgan fingerprint density at radius 2 is 1.58 bits per heavy atom. The van der Waals surface area contributed by atoms with E-state index in [1.165, 1.54) is 32.4 Å². The van der Waals surface area contributed by atoms with Crippen LogP contribution in [0.3, 0.4) is 0 Å². The number of hydrogen-bond donors (Lipinski definition) is 2. The Kier molecular flexibility index (Phi) is 8.59. The van der Waals surface area contributed by atoms with Crippen molar-refractivity contribution in [2.75, 3.05) is 19.5 Å². The first-order chi connectivity index (χ1) is 17.1. The molecule has 0 aliphatic carbocycles. The van der Waals surface area contributed by atoms with E-state index in [-0.39, 0.29) is 16.9 Å². The molecule has 2 amide bonds. The normalized spacial score (nSPS) is 11.4. The number of hydrogen-bond acceptors (Lipinski definition) is 5. The van der Waals surface area contributed by atoms with Gasteiger partial charge in [0.05, 0.1) is 19.8 Å². The van der Waals surface area contributed by atoms with Crippen LogP contribution in [0.4, 0.5) is 18.9 Å². The molecule has 0 aromatic heterocycles. The number of anilines is 1. The maximum atomic E-state index is 13.1. The SMILES string of the molecule is COc1ccc(OC)c(/C=C(\NC(=O)c2ccccc2Br)C(=O)Nc2ccc(OC(F)(F)F)cc2)c1. The molecule has 0 radical (unpaired) electrons. The van der Waals surface area contributed by atoms with Gasteiger partial charge in [-0.2, -0.15) is 0 Å². The van der Waals surface area contributed by atoms with Crippen molar-refractivity contribution >= 4 is 39.5 Å². The Bertz CT molecular complexity index is 1280. The maximum absolute atomic E-state index is 13.1. The van der Waals surface area contributed by atoms with Crippen LogP contribution in [0.1, 0.15) is 15.9 Å². The van der Waals surface area contributed by atoms with Crippen LogP contribution in [0.5, 0.6) is 17.2 Å². The van der Waals surface area contributed by atoms with Gasteiger partial charge < -0.3 is 24.8 Å². The van der Waals surface area contributed by atoms with Crippen LogP contribution in [0, 0.1) is 0 Å². The summed E-state index contributed by atoms with van der Waals surface area (Å²) in [5.74, 6) is -0.854. The van der Waals surface area contributed by atoms with Gasteiger partial charge in [0.15, 0.2) is 0 Å². The van der Waals surface area contributed by atoms with E-state index in [9.17, 15) is 22.8 Å². The Labute approximate surface area is 213 Å². The van der Waals surface area contributed by atoms with Crippen LogP contribution in [0.2, 0.25) is 0 Å². The smallest absolute Gasteiger partial charge is 0.497 e. The van der Waals surface area contributed by atoms with Crippen molar-refractivity contribution in [2.24, 2.45) is 0 Å². The highest BCUT2D eigenvalue weighted by Gasteiger charge is 2.31. The number of carbonyl (C=O) groups excluding carboxylic acids is 2. The van der Waals surface area contributed by atoms with Gasteiger partial charge in [0.25, 0.3) is 11.8 Å². The topological polar surface area (TPSA) is 85.9 Å². The molecule has 0 atom stereocenters. The zero-order valence-electron chi connectivity index (χ0n) is 19.0. The van der Waals surface area contributed by atoms with Crippen molar-refractivity contribution < 1.29 is 37.0 Å². The standard InChI is InChI=1S/C25H20BrF3N2O5/c1-34-18-11-12-22(35-2)15(13-18)14-21(31-23(32)19-5-3-4-6-20(19)26)24(33)30-16-7-9-17(10-8-16)36-25(27,28)29/h3-14H,1-2H3,(H,30,33)(H,31,32)/b21-14-. The number of methoxy groups -OCH3 is 2. The summed E-state index contributed by atoms with van der Waals surface area (Å²) in [5, 5.41) is 5.13. The summed E-state index contributed by atoms with van der Waals surface area (Å²) in [4.78, 5) is 26.1. The van der Waals surface area contributed by atoms with Gasteiger partial charge >= 0.3 is 6.36 Å². The first-order valence-electron chi connectivity index (χ1n) is 10.3. The molecule has 36 heavy (non-hydrogen) atoms. The molecule has 0 aliphatic rings. The minimum absolute atomic E-state index is 0.155. The molecular weight excluding hydrogens is 545 g/mol. The average molecular weight is 565 g/mol. The Balaban J connectivity index is 1.94. The number of amides is 2. The van der Waals surface area contributed by atoms with Crippen LogP contribution in [-0.4, -0.2) is 32.4 Å². The lowest BCUT2D eigenvalue weighted by Gasteiger charge is -2.14. The zero-order valence-corrected chi connectivity index (χ0v) is 20.6. The lowest BCUT2D eigenvalue weighted by molar-refractivity contribution is -0.274. The number of nitrogens with one attached hydrogen (secondary N) is 2. The van der Waals surface area contributed by atoms with Gasteiger partial charge in [0.1, 0.15) is 22.9 Å². The highest BCUT2D eigenvalue weighted by atomic mass is 79.9. The van der Waals surface area contributed by atoms with E-state index >= 15 is 0 Å². The summed E-state index contributed by atoms with van der Waals surface area (Å²) in [6.07, 6.45) is -3.45. The number of halogens is 4. The lowest BCUT2D eigenvalue weighted by atomic mass is 10.1. The first kappa shape index (κ1) is 26.6. The van der Waals surface area contributed by atoms with Crippen molar-refractivity contribution in [3.8, 4) is 17.2 Å². The van der Waals surface area contributed by atoms with Crippen molar-refractivity contribution in [1.82, 2.24) is 5.32 Å². The summed E-state index contributed by atoms with van der Waals surface area (Å²) < 4.78 is 52.2. The molecule has 3 rings (SSSR count). The second-order valence-corrected chi connectivity index (χ2v) is 7.98. The predicted molar refractivity (Wildman–Crippen MR) is 131 cm³/mol. The predicted octanol–water partition coefficient (Wildman–Crippen LogP) is 5.77. The molecule has 0 bridgehead atoms. The van der Waals surface area contributed by atoms with Gasteiger partial charge in [0, 0.05) is 15.7 Å². The largest absolute Gasteiger partial charge is 0.573 e. The van der Waals surface area contributed by atoms with Crippen LogP contribution < -0.4 is 24.8 Å². The van der Waals surface area contributed by atoms with E-state index in [0.29, 0.717) is 21.5 Å². The van der Waals surface area contributed by atoms with Gasteiger partial charge in [-0.3, -0.25) is 9.59 Å². The molecular formula is C25H20BrF3N2O5. The number of rotatable bonds is 8. The molecule has 0 saturated carbocycles. The molecule has 0 saturated heterocycles. The Morgan fingerprint density at radius 1 is 0.917 bits per heavy atom. The monoisotopic (exact) mass is 564 g/mol. The van der Waals surface area contributed by atoms with Crippen LogP contribution in [-0.2, 0) is 4.79 Å². The molecule has 188 valence electrons. The summed E-state index contributed by atoms with van der Waals surface area (Å²) in [6.45, 7) is 0. The average Bonchev–Trinajstić information content (AvgIpc) is 2.84. The third kappa shape index (κ3) is 7.25. The fraction of sp³-hybridized carbons (Fsp3) is 0.120. The number of ether oxygens (including phenoxy) is 3. The molecule has 0 unspecified atom stereocenters. The Hall–Kier alpha value is -3.99. The highest BCUT2D eigenvalue weighted by Crippen LogP contribution is 2.27. The molecule has 0 heterocycles. The van der Waals surface area contributed by atoms with E-state index in [2.05, 4.69) is 31.3 Å². The molecule has 3 aromatic rings. The van der Waals surface area contributed by atoms with Crippen LogP contribution >= 0.6 is 15.9 Å². The summed E-state index contributed by atoms with van der Waals surface area (Å²) in [7, 11) is 2.92. The molecule has 7 nitrogen and oxygen atoms in total. The van der Waals surface area contributed by atoms with Crippen LogP contribution in [0.15, 0.2) is 76.9 Å². The van der Waals surface area contributed by atoms with Gasteiger partial charge in [-0.15, -0.1) is 13.2 Å². The molecule has 0 aliphatic heterocycles. The van der Waals surface area contributed by atoms with Crippen LogP contribution in [0.25, 0.3) is 6.08 Å². The van der Waals surface area contributed by atoms with Crippen molar-refractivity contribution in [1.29, 1.82) is 0 Å². The fourth-order valence-corrected chi connectivity index (χ4v) is 3.50. The summed E-state index contributed by atoms with van der Waals surface area (Å²) in [5.41, 5.74) is 0.733. The highest BCUT2D eigenvalue weighted by molar-refractivity contribution is 9.10. The Morgan fingerprint density at radius 3 is 2.19 bits per heavy atom. The van der Waals surface area contributed by atoms with E-state index in [0.717, 1.165) is 12.1 Å². The number of benzene rings is 3. The summed E-state index contributed by atoms with van der Waals surface area (Å²) >= 11 is 3.30. The fourth-order valence-electron chi connectivity index (χ4n) is 3.04. The van der Waals surface area contributed by atoms with Gasteiger partial charge in [-0.1, -0.05) is 12.1 Å². The third-order valence-electron chi connectivity index (χ3n) is 4.69. The number of alkyl halides is 3. The third-order valence-corrected chi connectivity index (χ3v) is 5.39. The second kappa shape index (κ2) is 11.6. The van der Waals surface area contributed by atoms with Gasteiger partial charge in [-0.05, 0) is 76.6 Å². The van der Waals surface area contributed by atoms with E-state index < -0.39 is 23.9 Å². The van der Waals surface area contributed by atoms with Crippen molar-refractivity contribution in [3.63, 3.8) is 0 Å². The van der Waals surface area contributed by atoms with E-state index in [1.807, 2.05) is 0 Å². The second-order valence-electron chi connectivity index (χ2n) is 7.13. The minimum Gasteiger partial charge on any atom is -0.497 e. The van der Waals surface area contributed by atoms with Gasteiger partial charge in [0.2, 0.25) is 0 Å². The maximum Gasteiger partial charge on any atom is 0.573 e. The van der Waals surface area contributed by atoms with E-state index in [4.69, 9.17) is 9.47 Å². The van der Waals surface area contributed by atoms with Crippen molar-refractivity contribution in [2.45, 2.75) is 6.36 Å². The summed E-state index contributed by atoms with van der Waals surface area (Å²) in [6, 6.07) is 16.1. The molecule has 11 heteroatoms.